The highest BCUT2D eigenvalue weighted by Gasteiger charge is 2.62. The van der Waals surface area contributed by atoms with Gasteiger partial charge in [0.1, 0.15) is 18.3 Å². The molecule has 6 N–H and O–H groups in total. The smallest absolute Gasteiger partial charge is 0.455 e. The lowest BCUT2D eigenvalue weighted by Gasteiger charge is -2.48. The molecule has 0 aromatic rings. The molecular formula is C18H33O18P3. The van der Waals surface area contributed by atoms with Crippen molar-refractivity contribution in [2.24, 2.45) is 17.8 Å². The van der Waals surface area contributed by atoms with Crippen LogP contribution in [0, 0.1) is 17.8 Å². The maximum absolute atomic E-state index is 12.6. The lowest BCUT2D eigenvalue weighted by Crippen LogP contribution is -2.68. The van der Waals surface area contributed by atoms with E-state index in [-0.39, 0.29) is 0 Å². The lowest BCUT2D eigenvalue weighted by atomic mass is 9.84. The van der Waals surface area contributed by atoms with Gasteiger partial charge in [0.15, 0.2) is 18.3 Å². The summed E-state index contributed by atoms with van der Waals surface area (Å²) in [5.41, 5.74) is 0. The summed E-state index contributed by atoms with van der Waals surface area (Å²) in [6.07, 6.45) is -14.2. The molecule has 0 bridgehead atoms. The number of carbonyl (C=O) groups is 3. The molecule has 0 amide bonds. The fraction of sp³-hybridized carbons (Fsp3) is 0.833. The van der Waals surface area contributed by atoms with E-state index in [1.54, 1.807) is 0 Å². The first-order chi connectivity index (χ1) is 17.4. The van der Waals surface area contributed by atoms with Crippen LogP contribution in [0.3, 0.4) is 0 Å². The van der Waals surface area contributed by atoms with E-state index in [0.29, 0.717) is 0 Å². The largest absolute Gasteiger partial charge is 0.470 e. The van der Waals surface area contributed by atoms with Crippen LogP contribution in [0.25, 0.3) is 0 Å². The summed E-state index contributed by atoms with van der Waals surface area (Å²) >= 11 is 0. The molecule has 1 aliphatic rings. The highest BCUT2D eigenvalue weighted by molar-refractivity contribution is 7.47. The van der Waals surface area contributed by atoms with Crippen LogP contribution in [0.2, 0.25) is 0 Å². The van der Waals surface area contributed by atoms with E-state index in [1.807, 2.05) is 0 Å². The Morgan fingerprint density at radius 3 is 0.821 bits per heavy atom. The van der Waals surface area contributed by atoms with Gasteiger partial charge in [-0.1, -0.05) is 41.5 Å². The summed E-state index contributed by atoms with van der Waals surface area (Å²) in [5.74, 6) is -6.09. The molecule has 39 heavy (non-hydrogen) atoms. The molecule has 1 fully saturated rings. The van der Waals surface area contributed by atoms with Crippen molar-refractivity contribution in [1.29, 1.82) is 0 Å². The maximum Gasteiger partial charge on any atom is 0.470 e. The number of phosphoric acid groups is 3. The van der Waals surface area contributed by atoms with Crippen LogP contribution in [-0.4, -0.2) is 83.9 Å². The van der Waals surface area contributed by atoms with E-state index in [1.165, 1.54) is 41.5 Å². The zero-order valence-corrected chi connectivity index (χ0v) is 24.3. The zero-order chi connectivity index (χ0) is 30.7. The van der Waals surface area contributed by atoms with Gasteiger partial charge in [0.2, 0.25) is 0 Å². The molecular weight excluding hydrogens is 597 g/mol. The Morgan fingerprint density at radius 1 is 0.462 bits per heavy atom. The highest BCUT2D eigenvalue weighted by Crippen LogP contribution is 2.51. The van der Waals surface area contributed by atoms with Gasteiger partial charge >= 0.3 is 41.4 Å². The van der Waals surface area contributed by atoms with Crippen LogP contribution < -0.4 is 0 Å². The highest BCUT2D eigenvalue weighted by atomic mass is 31.2. The Balaban J connectivity index is 4.04. The molecule has 0 heterocycles. The molecule has 1 aliphatic carbocycles. The first-order valence-corrected chi connectivity index (χ1v) is 15.9. The van der Waals surface area contributed by atoms with Crippen LogP contribution in [0.4, 0.5) is 0 Å². The molecule has 1 rings (SSSR count). The van der Waals surface area contributed by atoms with E-state index in [2.05, 4.69) is 13.6 Å². The van der Waals surface area contributed by atoms with Gasteiger partial charge in [-0.3, -0.25) is 28.0 Å². The molecule has 2 unspecified atom stereocenters. The Hall–Kier alpha value is -1.26. The second-order valence-corrected chi connectivity index (χ2v) is 12.9. The van der Waals surface area contributed by atoms with Crippen LogP contribution in [0.5, 0.6) is 0 Å². The van der Waals surface area contributed by atoms with Crippen LogP contribution in [0.15, 0.2) is 0 Å². The molecule has 0 aromatic carbocycles. The van der Waals surface area contributed by atoms with Crippen molar-refractivity contribution in [2.45, 2.75) is 78.2 Å². The van der Waals surface area contributed by atoms with E-state index in [4.69, 9.17) is 14.2 Å². The summed E-state index contributed by atoms with van der Waals surface area (Å²) in [4.78, 5) is 94.7. The molecule has 18 nitrogen and oxygen atoms in total. The van der Waals surface area contributed by atoms with Crippen molar-refractivity contribution in [2.75, 3.05) is 0 Å². The average molecular weight is 630 g/mol. The number of esters is 3. The molecule has 0 aromatic heterocycles. The van der Waals surface area contributed by atoms with Crippen LogP contribution >= 0.6 is 23.5 Å². The van der Waals surface area contributed by atoms with E-state index < -0.39 is 95.8 Å². The average Bonchev–Trinajstić information content (AvgIpc) is 2.72. The Morgan fingerprint density at radius 2 is 0.641 bits per heavy atom. The molecule has 0 aliphatic heterocycles. The van der Waals surface area contributed by atoms with Crippen molar-refractivity contribution >= 4 is 41.4 Å². The van der Waals surface area contributed by atoms with Gasteiger partial charge in [-0.25, -0.2) is 13.7 Å². The number of carbonyl (C=O) groups excluding carboxylic acids is 3. The van der Waals surface area contributed by atoms with E-state index >= 15 is 0 Å². The van der Waals surface area contributed by atoms with E-state index in [0.717, 1.165) is 0 Å². The van der Waals surface area contributed by atoms with Crippen molar-refractivity contribution in [3.63, 3.8) is 0 Å². The first kappa shape index (κ1) is 35.8. The molecule has 0 spiro atoms. The Kier molecular flexibility index (Phi) is 12.5. The number of hydrogen-bond acceptors (Lipinski definition) is 12. The van der Waals surface area contributed by atoms with Gasteiger partial charge in [-0.2, -0.15) is 0 Å². The fourth-order valence-corrected chi connectivity index (χ4v) is 4.84. The van der Waals surface area contributed by atoms with Gasteiger partial charge in [0.25, 0.3) is 0 Å². The topological polar surface area (TPSA) is 279 Å². The molecule has 228 valence electrons. The number of phosphoric ester groups is 3. The van der Waals surface area contributed by atoms with Gasteiger partial charge in [-0.15, -0.1) is 0 Å². The Labute approximate surface area is 223 Å². The third kappa shape index (κ3) is 11.6. The standard InChI is InChI=1S/C18H33O18P3/c1-7(2)16(19)31-10-11(32-17(20)8(3)4)13(34-37(22,23)24)15(36-39(28,29)30)14(35-38(25,26)27)12(10)33-18(21)9(5)6/h7-15H,1-6H3,(H2,22,23,24)(H2,25,26,27)(H2,28,29,30)/t10?,11-,12-,13-,14+,15?/m1/s1. The second kappa shape index (κ2) is 13.6. The summed E-state index contributed by atoms with van der Waals surface area (Å²) < 4.78 is 65.1. The summed E-state index contributed by atoms with van der Waals surface area (Å²) in [5, 5.41) is 0. The van der Waals surface area contributed by atoms with E-state index in [9.17, 15) is 57.4 Å². The molecule has 0 radical (unpaired) electrons. The molecule has 21 heteroatoms. The van der Waals surface area contributed by atoms with Crippen molar-refractivity contribution < 1.29 is 85.2 Å². The summed E-state index contributed by atoms with van der Waals surface area (Å²) in [6.45, 7) is 8.03. The van der Waals surface area contributed by atoms with Gasteiger partial charge in [0.05, 0.1) is 17.8 Å². The predicted molar refractivity (Wildman–Crippen MR) is 125 cm³/mol. The fourth-order valence-electron chi connectivity index (χ4n) is 3.17. The van der Waals surface area contributed by atoms with Gasteiger partial charge in [-0.05, 0) is 0 Å². The third-order valence-electron chi connectivity index (χ3n) is 4.89. The maximum atomic E-state index is 12.6. The monoisotopic (exact) mass is 630 g/mol. The lowest BCUT2D eigenvalue weighted by molar-refractivity contribution is -0.243. The molecule has 1 saturated carbocycles. The SMILES string of the molecule is CC(C)C(=O)OC1[C@@H](OC(=O)C(C)C)[C@H](OP(=O)(O)O)C(OP(=O)(O)O)[C@H](OP(=O)(O)O)[C@@H]1OC(=O)C(C)C. The van der Waals surface area contributed by atoms with Crippen molar-refractivity contribution in [3.05, 3.63) is 0 Å². The number of ether oxygens (including phenoxy) is 3. The minimum Gasteiger partial charge on any atom is -0.455 e. The summed E-state index contributed by atoms with van der Waals surface area (Å²) in [6, 6.07) is 0. The van der Waals surface area contributed by atoms with Crippen molar-refractivity contribution in [3.8, 4) is 0 Å². The minimum atomic E-state index is -5.72. The second-order valence-electron chi connectivity index (χ2n) is 9.35. The molecule has 6 atom stereocenters. The number of hydrogen-bond donors (Lipinski definition) is 6. The van der Waals surface area contributed by atoms with Crippen LogP contribution in [-0.2, 0) is 55.9 Å². The normalized spacial score (nSPS) is 26.5. The Bertz CT molecular complexity index is 966. The predicted octanol–water partition coefficient (Wildman–Crippen LogP) is 0.137. The van der Waals surface area contributed by atoms with Crippen molar-refractivity contribution in [1.82, 2.24) is 0 Å². The van der Waals surface area contributed by atoms with Crippen LogP contribution in [0.1, 0.15) is 41.5 Å². The number of rotatable bonds is 12. The van der Waals surface area contributed by atoms with Gasteiger partial charge < -0.3 is 43.6 Å². The zero-order valence-electron chi connectivity index (χ0n) is 21.6. The molecule has 0 saturated heterocycles. The minimum absolute atomic E-state index is 0.917. The van der Waals surface area contributed by atoms with Gasteiger partial charge in [0, 0.05) is 0 Å². The quantitative estimate of drug-likeness (QED) is 0.0949. The first-order valence-electron chi connectivity index (χ1n) is 11.3. The summed E-state index contributed by atoms with van der Waals surface area (Å²) in [7, 11) is -17.1. The third-order valence-corrected chi connectivity index (χ3v) is 6.45.